The second kappa shape index (κ2) is 6.41. The van der Waals surface area contributed by atoms with Crippen molar-refractivity contribution in [1.82, 2.24) is 0 Å². The fourth-order valence-corrected chi connectivity index (χ4v) is 2.90. The van der Waals surface area contributed by atoms with Gasteiger partial charge in [-0.3, -0.25) is 0 Å². The summed E-state index contributed by atoms with van der Waals surface area (Å²) in [6.07, 6.45) is 0. The molecule has 104 valence electrons. The molecule has 2 N–H and O–H groups in total. The van der Waals surface area contributed by atoms with Crippen molar-refractivity contribution in [2.75, 3.05) is 10.6 Å². The van der Waals surface area contributed by atoms with Crippen LogP contribution in [0.25, 0.3) is 0 Å². The average Bonchev–Trinajstić information content (AvgIpc) is 2.36. The molecule has 0 aliphatic carbocycles. The van der Waals surface area contributed by atoms with Crippen LogP contribution in [0.3, 0.4) is 0 Å². The average molecular weight is 398 g/mol. The zero-order valence-electron chi connectivity index (χ0n) is 11.1. The zero-order chi connectivity index (χ0) is 14.7. The predicted octanol–water partition coefficient (Wildman–Crippen LogP) is 5.47. The first kappa shape index (κ1) is 15.1. The van der Waals surface area contributed by atoms with Crippen molar-refractivity contribution in [3.05, 3.63) is 56.5 Å². The summed E-state index contributed by atoms with van der Waals surface area (Å²) in [5, 5.41) is 5.62. The van der Waals surface area contributed by atoms with Gasteiger partial charge in [-0.2, -0.15) is 0 Å². The molecule has 2 amide bonds. The van der Waals surface area contributed by atoms with Gasteiger partial charge in [0.25, 0.3) is 0 Å². The van der Waals surface area contributed by atoms with Crippen LogP contribution in [0.2, 0.25) is 0 Å². The van der Waals surface area contributed by atoms with Crippen molar-refractivity contribution in [2.45, 2.75) is 13.8 Å². The summed E-state index contributed by atoms with van der Waals surface area (Å²) in [4.78, 5) is 12.0. The van der Waals surface area contributed by atoms with Crippen LogP contribution in [0, 0.1) is 13.8 Å². The van der Waals surface area contributed by atoms with Crippen LogP contribution in [0.5, 0.6) is 0 Å². The number of hydrogen-bond acceptors (Lipinski definition) is 1. The third-order valence-electron chi connectivity index (χ3n) is 2.75. The van der Waals surface area contributed by atoms with E-state index in [-0.39, 0.29) is 6.03 Å². The van der Waals surface area contributed by atoms with Gasteiger partial charge in [-0.15, -0.1) is 0 Å². The number of rotatable bonds is 2. The Labute approximate surface area is 135 Å². The van der Waals surface area contributed by atoms with E-state index in [9.17, 15) is 4.79 Å². The SMILES string of the molecule is Cc1ccc(NC(=O)Nc2ccc(C)cc2Br)c(Br)c1. The number of hydrogen-bond donors (Lipinski definition) is 2. The van der Waals surface area contributed by atoms with Crippen LogP contribution in [0.4, 0.5) is 16.2 Å². The highest BCUT2D eigenvalue weighted by Gasteiger charge is 2.08. The summed E-state index contributed by atoms with van der Waals surface area (Å²) in [7, 11) is 0. The molecule has 0 atom stereocenters. The Morgan fingerprint density at radius 1 is 0.850 bits per heavy atom. The Balaban J connectivity index is 2.09. The molecule has 0 aliphatic rings. The van der Waals surface area contributed by atoms with E-state index in [1.807, 2.05) is 50.2 Å². The number of carbonyl (C=O) groups excluding carboxylic acids is 1. The van der Waals surface area contributed by atoms with Gasteiger partial charge in [-0.25, -0.2) is 4.79 Å². The molecule has 5 heteroatoms. The van der Waals surface area contributed by atoms with Gasteiger partial charge in [0.05, 0.1) is 11.4 Å². The van der Waals surface area contributed by atoms with Crippen molar-refractivity contribution < 1.29 is 4.79 Å². The molecule has 2 aromatic carbocycles. The standard InChI is InChI=1S/C15H14Br2N2O/c1-9-3-5-13(11(16)7-9)18-15(20)19-14-6-4-10(2)8-12(14)17/h3-8H,1-2H3,(H2,18,19,20). The maximum absolute atomic E-state index is 12.0. The van der Waals surface area contributed by atoms with Crippen LogP contribution in [0.1, 0.15) is 11.1 Å². The fourth-order valence-electron chi connectivity index (χ4n) is 1.72. The molecule has 20 heavy (non-hydrogen) atoms. The quantitative estimate of drug-likeness (QED) is 0.692. The van der Waals surface area contributed by atoms with Gasteiger partial charge in [0.2, 0.25) is 0 Å². The van der Waals surface area contributed by atoms with Crippen LogP contribution in [-0.4, -0.2) is 6.03 Å². The lowest BCUT2D eigenvalue weighted by molar-refractivity contribution is 0.262. The molecule has 0 aromatic heterocycles. The summed E-state index contributed by atoms with van der Waals surface area (Å²) < 4.78 is 1.71. The molecule has 2 aromatic rings. The van der Waals surface area contributed by atoms with Gasteiger partial charge in [-0.05, 0) is 81.1 Å². The lowest BCUT2D eigenvalue weighted by Gasteiger charge is -2.11. The summed E-state index contributed by atoms with van der Waals surface area (Å²) in [6.45, 7) is 4.00. The Bertz CT molecular complexity index is 601. The highest BCUT2D eigenvalue weighted by molar-refractivity contribution is 9.11. The van der Waals surface area contributed by atoms with E-state index in [4.69, 9.17) is 0 Å². The van der Waals surface area contributed by atoms with E-state index in [1.54, 1.807) is 0 Å². The maximum atomic E-state index is 12.0. The summed E-state index contributed by atoms with van der Waals surface area (Å²) in [6, 6.07) is 11.3. The van der Waals surface area contributed by atoms with Crippen molar-refractivity contribution in [3.63, 3.8) is 0 Å². The topological polar surface area (TPSA) is 41.1 Å². The minimum absolute atomic E-state index is 0.279. The smallest absolute Gasteiger partial charge is 0.307 e. The molecule has 0 saturated carbocycles. The molecule has 0 heterocycles. The molecule has 0 unspecified atom stereocenters. The van der Waals surface area contributed by atoms with Gasteiger partial charge >= 0.3 is 6.03 Å². The lowest BCUT2D eigenvalue weighted by Crippen LogP contribution is -2.20. The Morgan fingerprint density at radius 3 is 1.60 bits per heavy atom. The van der Waals surface area contributed by atoms with Gasteiger partial charge in [0, 0.05) is 8.95 Å². The molecule has 0 saturated heterocycles. The molecule has 0 bridgehead atoms. The van der Waals surface area contributed by atoms with Crippen LogP contribution < -0.4 is 10.6 Å². The number of urea groups is 1. The number of halogens is 2. The van der Waals surface area contributed by atoms with Gasteiger partial charge in [-0.1, -0.05) is 12.1 Å². The minimum Gasteiger partial charge on any atom is -0.307 e. The first-order valence-corrected chi connectivity index (χ1v) is 7.64. The first-order valence-electron chi connectivity index (χ1n) is 6.06. The molecular weight excluding hydrogens is 384 g/mol. The highest BCUT2D eigenvalue weighted by atomic mass is 79.9. The van der Waals surface area contributed by atoms with Crippen LogP contribution in [0.15, 0.2) is 45.3 Å². The monoisotopic (exact) mass is 396 g/mol. The van der Waals surface area contributed by atoms with Crippen molar-refractivity contribution in [3.8, 4) is 0 Å². The summed E-state index contributed by atoms with van der Waals surface area (Å²) in [5.41, 5.74) is 3.72. The molecule has 0 radical (unpaired) electrons. The Kier molecular flexibility index (Phi) is 4.83. The van der Waals surface area contributed by atoms with E-state index >= 15 is 0 Å². The van der Waals surface area contributed by atoms with Crippen molar-refractivity contribution in [1.29, 1.82) is 0 Å². The lowest BCUT2D eigenvalue weighted by atomic mass is 10.2. The maximum Gasteiger partial charge on any atom is 0.323 e. The molecular formula is C15H14Br2N2O. The van der Waals surface area contributed by atoms with Gasteiger partial charge < -0.3 is 10.6 Å². The van der Waals surface area contributed by atoms with E-state index in [0.29, 0.717) is 0 Å². The normalized spacial score (nSPS) is 10.2. The summed E-state index contributed by atoms with van der Waals surface area (Å²) >= 11 is 6.87. The fraction of sp³-hybridized carbons (Fsp3) is 0.133. The molecule has 2 rings (SSSR count). The molecule has 0 aliphatic heterocycles. The van der Waals surface area contributed by atoms with Crippen molar-refractivity contribution in [2.24, 2.45) is 0 Å². The zero-order valence-corrected chi connectivity index (χ0v) is 14.3. The van der Waals surface area contributed by atoms with E-state index < -0.39 is 0 Å². The van der Waals surface area contributed by atoms with Gasteiger partial charge in [0.15, 0.2) is 0 Å². The predicted molar refractivity (Wildman–Crippen MR) is 90.4 cm³/mol. The summed E-state index contributed by atoms with van der Waals surface area (Å²) in [5.74, 6) is 0. The largest absolute Gasteiger partial charge is 0.323 e. The van der Waals surface area contributed by atoms with Gasteiger partial charge in [0.1, 0.15) is 0 Å². The Hall–Kier alpha value is -1.33. The minimum atomic E-state index is -0.279. The third-order valence-corrected chi connectivity index (χ3v) is 4.06. The number of benzene rings is 2. The Morgan fingerprint density at radius 2 is 1.25 bits per heavy atom. The first-order chi connectivity index (χ1) is 9.45. The van der Waals surface area contributed by atoms with E-state index in [2.05, 4.69) is 42.5 Å². The van der Waals surface area contributed by atoms with Crippen LogP contribution in [-0.2, 0) is 0 Å². The number of anilines is 2. The van der Waals surface area contributed by atoms with E-state index in [0.717, 1.165) is 31.4 Å². The van der Waals surface area contributed by atoms with E-state index in [1.165, 1.54) is 0 Å². The number of aryl methyl sites for hydroxylation is 2. The number of amides is 2. The second-order valence-corrected chi connectivity index (χ2v) is 6.25. The van der Waals surface area contributed by atoms with Crippen molar-refractivity contribution >= 4 is 49.3 Å². The molecule has 0 spiro atoms. The highest BCUT2D eigenvalue weighted by Crippen LogP contribution is 2.25. The second-order valence-electron chi connectivity index (χ2n) is 4.55. The number of carbonyl (C=O) groups is 1. The molecule has 3 nitrogen and oxygen atoms in total. The molecule has 0 fully saturated rings. The number of nitrogens with one attached hydrogen (secondary N) is 2. The third kappa shape index (κ3) is 3.84. The van der Waals surface area contributed by atoms with Crippen LogP contribution >= 0.6 is 31.9 Å².